The average molecular weight is 268 g/mol. The van der Waals surface area contributed by atoms with Crippen molar-refractivity contribution in [2.45, 2.75) is 19.8 Å². The summed E-state index contributed by atoms with van der Waals surface area (Å²) in [5, 5.41) is 1.88. The Labute approximate surface area is 118 Å². The second kappa shape index (κ2) is 5.25. The summed E-state index contributed by atoms with van der Waals surface area (Å²) >= 11 is 0. The van der Waals surface area contributed by atoms with Crippen molar-refractivity contribution in [3.8, 4) is 0 Å². The zero-order valence-corrected chi connectivity index (χ0v) is 12.1. The molecular formula is C17H20N2O. The van der Waals surface area contributed by atoms with Crippen LogP contribution in [0.2, 0.25) is 0 Å². The molecule has 2 aromatic rings. The summed E-state index contributed by atoms with van der Waals surface area (Å²) in [6.07, 6.45) is 4.19. The Bertz CT molecular complexity index is 727. The molecule has 3 nitrogen and oxygen atoms in total. The van der Waals surface area contributed by atoms with Gasteiger partial charge in [0.25, 0.3) is 5.56 Å². The fourth-order valence-corrected chi connectivity index (χ4v) is 2.96. The summed E-state index contributed by atoms with van der Waals surface area (Å²) in [7, 11) is 2.14. The van der Waals surface area contributed by atoms with Crippen LogP contribution in [0.5, 0.6) is 0 Å². The van der Waals surface area contributed by atoms with Crippen LogP contribution in [0.3, 0.4) is 0 Å². The van der Waals surface area contributed by atoms with Gasteiger partial charge in [0.2, 0.25) is 0 Å². The number of rotatable bonds is 2. The Morgan fingerprint density at radius 1 is 1.25 bits per heavy atom. The number of nitrogens with zero attached hydrogens (tertiary/aromatic N) is 1. The molecule has 1 aliphatic rings. The van der Waals surface area contributed by atoms with Gasteiger partial charge in [0, 0.05) is 29.7 Å². The maximum Gasteiger partial charge on any atom is 0.256 e. The molecule has 0 atom stereocenters. The van der Waals surface area contributed by atoms with Gasteiger partial charge in [0.1, 0.15) is 0 Å². The van der Waals surface area contributed by atoms with E-state index in [1.165, 1.54) is 11.1 Å². The summed E-state index contributed by atoms with van der Waals surface area (Å²) in [4.78, 5) is 17.5. The van der Waals surface area contributed by atoms with Gasteiger partial charge in [-0.15, -0.1) is 0 Å². The van der Waals surface area contributed by atoms with Crippen LogP contribution in [0.15, 0.2) is 35.1 Å². The molecule has 0 saturated carbocycles. The van der Waals surface area contributed by atoms with E-state index in [2.05, 4.69) is 36.0 Å². The van der Waals surface area contributed by atoms with E-state index in [0.29, 0.717) is 0 Å². The molecule has 0 fully saturated rings. The van der Waals surface area contributed by atoms with Crippen LogP contribution in [0.1, 0.15) is 24.6 Å². The SMILES string of the molecule is CCc1[nH]c(=O)c2ccccc2c1C1=CCN(C)CC1. The largest absolute Gasteiger partial charge is 0.325 e. The van der Waals surface area contributed by atoms with Gasteiger partial charge in [-0.3, -0.25) is 4.79 Å². The molecule has 2 heterocycles. The van der Waals surface area contributed by atoms with Gasteiger partial charge in [-0.25, -0.2) is 0 Å². The molecule has 0 aliphatic carbocycles. The Balaban J connectivity index is 2.28. The molecule has 3 rings (SSSR count). The number of fused-ring (bicyclic) bond motifs is 1. The lowest BCUT2D eigenvalue weighted by Gasteiger charge is -2.24. The Morgan fingerprint density at radius 3 is 2.65 bits per heavy atom. The summed E-state index contributed by atoms with van der Waals surface area (Å²) in [5.41, 5.74) is 3.70. The highest BCUT2D eigenvalue weighted by atomic mass is 16.1. The van der Waals surface area contributed by atoms with Crippen molar-refractivity contribution in [2.24, 2.45) is 0 Å². The fourth-order valence-electron chi connectivity index (χ4n) is 2.96. The molecule has 1 aromatic carbocycles. The van der Waals surface area contributed by atoms with E-state index < -0.39 is 0 Å². The van der Waals surface area contributed by atoms with Crippen molar-refractivity contribution in [3.05, 3.63) is 52.0 Å². The lowest BCUT2D eigenvalue weighted by Crippen LogP contribution is -2.24. The van der Waals surface area contributed by atoms with Crippen LogP contribution in [-0.2, 0) is 6.42 Å². The summed E-state index contributed by atoms with van der Waals surface area (Å²) in [6, 6.07) is 7.92. The number of aromatic amines is 1. The van der Waals surface area contributed by atoms with Crippen LogP contribution >= 0.6 is 0 Å². The average Bonchev–Trinajstić information content (AvgIpc) is 2.48. The van der Waals surface area contributed by atoms with Gasteiger partial charge < -0.3 is 9.88 Å². The van der Waals surface area contributed by atoms with Crippen molar-refractivity contribution in [1.82, 2.24) is 9.88 Å². The van der Waals surface area contributed by atoms with Gasteiger partial charge in [-0.1, -0.05) is 31.2 Å². The van der Waals surface area contributed by atoms with Crippen molar-refractivity contribution >= 4 is 16.3 Å². The Morgan fingerprint density at radius 2 is 2.00 bits per heavy atom. The highest BCUT2D eigenvalue weighted by Crippen LogP contribution is 2.29. The molecule has 0 saturated heterocycles. The van der Waals surface area contributed by atoms with Crippen molar-refractivity contribution in [1.29, 1.82) is 0 Å². The van der Waals surface area contributed by atoms with Crippen LogP contribution in [-0.4, -0.2) is 30.0 Å². The van der Waals surface area contributed by atoms with Crippen LogP contribution in [0, 0.1) is 0 Å². The lowest BCUT2D eigenvalue weighted by atomic mass is 9.92. The van der Waals surface area contributed by atoms with E-state index in [0.717, 1.165) is 42.4 Å². The zero-order chi connectivity index (χ0) is 14.1. The first kappa shape index (κ1) is 13.1. The first-order valence-corrected chi connectivity index (χ1v) is 7.22. The predicted molar refractivity (Wildman–Crippen MR) is 84.0 cm³/mol. The van der Waals surface area contributed by atoms with Crippen LogP contribution in [0.25, 0.3) is 16.3 Å². The van der Waals surface area contributed by atoms with Crippen molar-refractivity contribution in [3.63, 3.8) is 0 Å². The van der Waals surface area contributed by atoms with Gasteiger partial charge in [-0.2, -0.15) is 0 Å². The highest BCUT2D eigenvalue weighted by Gasteiger charge is 2.16. The molecular weight excluding hydrogens is 248 g/mol. The molecule has 0 spiro atoms. The van der Waals surface area contributed by atoms with Gasteiger partial charge in [-0.05, 0) is 36.9 Å². The summed E-state index contributed by atoms with van der Waals surface area (Å²) < 4.78 is 0. The van der Waals surface area contributed by atoms with E-state index in [1.807, 2.05) is 18.2 Å². The molecule has 1 N–H and O–H groups in total. The highest BCUT2D eigenvalue weighted by molar-refractivity contribution is 5.94. The normalized spacial score (nSPS) is 16.4. The molecule has 1 aliphatic heterocycles. The van der Waals surface area contributed by atoms with E-state index in [-0.39, 0.29) is 5.56 Å². The third-order valence-electron chi connectivity index (χ3n) is 4.09. The lowest BCUT2D eigenvalue weighted by molar-refractivity contribution is 0.370. The number of benzene rings is 1. The van der Waals surface area contributed by atoms with Crippen LogP contribution in [0.4, 0.5) is 0 Å². The van der Waals surface area contributed by atoms with Crippen LogP contribution < -0.4 is 5.56 Å². The van der Waals surface area contributed by atoms with Gasteiger partial charge in [0.15, 0.2) is 0 Å². The molecule has 0 unspecified atom stereocenters. The number of pyridine rings is 1. The predicted octanol–water partition coefficient (Wildman–Crippen LogP) is 2.81. The molecule has 0 radical (unpaired) electrons. The topological polar surface area (TPSA) is 36.1 Å². The number of hydrogen-bond donors (Lipinski definition) is 1. The number of aryl methyl sites for hydroxylation is 1. The van der Waals surface area contributed by atoms with Crippen molar-refractivity contribution in [2.75, 3.05) is 20.1 Å². The molecule has 0 bridgehead atoms. The third-order valence-corrected chi connectivity index (χ3v) is 4.09. The zero-order valence-electron chi connectivity index (χ0n) is 12.1. The smallest absolute Gasteiger partial charge is 0.256 e. The molecule has 104 valence electrons. The minimum atomic E-state index is 0.0229. The molecule has 3 heteroatoms. The monoisotopic (exact) mass is 268 g/mol. The first-order valence-electron chi connectivity index (χ1n) is 7.22. The maximum atomic E-state index is 12.2. The van der Waals surface area contributed by atoms with E-state index >= 15 is 0 Å². The minimum absolute atomic E-state index is 0.0229. The number of hydrogen-bond acceptors (Lipinski definition) is 2. The standard InChI is InChI=1S/C17H20N2O/c1-3-15-16(12-8-10-19(2)11-9-12)13-6-4-5-7-14(13)17(20)18-15/h4-8H,3,9-11H2,1-2H3,(H,18,20). The Hall–Kier alpha value is -1.87. The van der Waals surface area contributed by atoms with E-state index in [4.69, 9.17) is 0 Å². The number of likely N-dealkylation sites (N-methyl/N-ethyl adjacent to an activating group) is 1. The third kappa shape index (κ3) is 2.18. The number of aromatic nitrogens is 1. The summed E-state index contributed by atoms with van der Waals surface area (Å²) in [5.74, 6) is 0. The molecule has 20 heavy (non-hydrogen) atoms. The van der Waals surface area contributed by atoms with E-state index in [9.17, 15) is 4.79 Å². The van der Waals surface area contributed by atoms with E-state index in [1.54, 1.807) is 0 Å². The fraction of sp³-hybridized carbons (Fsp3) is 0.353. The molecule has 0 amide bonds. The quantitative estimate of drug-likeness (QED) is 0.909. The van der Waals surface area contributed by atoms with Crippen molar-refractivity contribution < 1.29 is 0 Å². The minimum Gasteiger partial charge on any atom is -0.325 e. The first-order chi connectivity index (χ1) is 9.70. The molecule has 1 aromatic heterocycles. The second-order valence-corrected chi connectivity index (χ2v) is 5.45. The van der Waals surface area contributed by atoms with Gasteiger partial charge in [0.05, 0.1) is 0 Å². The number of H-pyrrole nitrogens is 1. The second-order valence-electron chi connectivity index (χ2n) is 5.45. The summed E-state index contributed by atoms with van der Waals surface area (Å²) in [6.45, 7) is 4.15. The number of nitrogens with one attached hydrogen (secondary N) is 1. The van der Waals surface area contributed by atoms with Gasteiger partial charge >= 0.3 is 0 Å². The maximum absolute atomic E-state index is 12.2. The Kier molecular flexibility index (Phi) is 3.45.